The molecule has 0 saturated heterocycles. The van der Waals surface area contributed by atoms with E-state index in [1.807, 2.05) is 0 Å². The van der Waals surface area contributed by atoms with Crippen LogP contribution >= 0.6 is 0 Å². The van der Waals surface area contributed by atoms with Crippen LogP contribution in [0, 0.1) is 0 Å². The van der Waals surface area contributed by atoms with Crippen molar-refractivity contribution in [3.05, 3.63) is 0 Å². The van der Waals surface area contributed by atoms with E-state index < -0.39 is 22.5 Å². The average Bonchev–Trinajstić information content (AvgIpc) is 1.98. The molecule has 0 bridgehead atoms. The number of nitrogens with two attached hydrogens (primary N) is 1. The van der Waals surface area contributed by atoms with Gasteiger partial charge in [0.1, 0.15) is 6.04 Å². The molecule has 0 aliphatic rings. The van der Waals surface area contributed by atoms with Gasteiger partial charge in [0.05, 0.1) is 10.5 Å². The van der Waals surface area contributed by atoms with E-state index in [2.05, 4.69) is 36.3 Å². The molecule has 0 aliphatic carbocycles. The Morgan fingerprint density at radius 1 is 1.31 bits per heavy atom. The molecule has 16 heavy (non-hydrogen) atoms. The van der Waals surface area contributed by atoms with Gasteiger partial charge in [0, 0.05) is 0 Å². The third-order valence-electron chi connectivity index (χ3n) is 0.998. The second kappa shape index (κ2) is 15.0. The maximum absolute atomic E-state index is 10.2. The van der Waals surface area contributed by atoms with Crippen molar-refractivity contribution in [3.8, 4) is 0 Å². The fourth-order valence-electron chi connectivity index (χ4n) is 0.481. The Morgan fingerprint density at radius 3 is 1.69 bits per heavy atom. The minimum absolute atomic E-state index is 0. The van der Waals surface area contributed by atoms with Gasteiger partial charge in [-0.3, -0.25) is 0 Å². The van der Waals surface area contributed by atoms with Crippen LogP contribution in [0.25, 0.3) is 0 Å². The van der Waals surface area contributed by atoms with Crippen LogP contribution in [0.4, 0.5) is 9.59 Å². The van der Waals surface area contributed by atoms with Crippen molar-refractivity contribution in [1.82, 2.24) is 5.32 Å². The van der Waals surface area contributed by atoms with Crippen LogP contribution in [0.1, 0.15) is 13.3 Å². The van der Waals surface area contributed by atoms with Gasteiger partial charge < -0.3 is 51.0 Å². The van der Waals surface area contributed by atoms with Crippen LogP contribution in [-0.2, 0) is 30.1 Å². The van der Waals surface area contributed by atoms with Gasteiger partial charge in [-0.2, -0.15) is 0 Å². The van der Waals surface area contributed by atoms with Crippen molar-refractivity contribution in [2.75, 3.05) is 0 Å². The van der Waals surface area contributed by atoms with E-state index in [1.165, 1.54) is 0 Å². The standard InChI is InChI=1S/C5H9NO3S.CH3NOS.2Li/c1-2-3(4(7)8)6-5(9)10;2-1(3)4;;/h3H,2H2,1H3,(H,7,8)(H2,6,9,10);(H3,2,3,4);;/q;;2*+1/p-2. The number of nitrogens with one attached hydrogen (secondary N) is 1. The van der Waals surface area contributed by atoms with E-state index in [4.69, 9.17) is 9.90 Å². The van der Waals surface area contributed by atoms with Gasteiger partial charge in [0.25, 0.3) is 0 Å². The van der Waals surface area contributed by atoms with E-state index in [0.717, 1.165) is 0 Å². The predicted molar refractivity (Wildman–Crippen MR) is 54.6 cm³/mol. The Hall–Kier alpha value is 0.0448. The number of carboxylic acid groups (broad SMARTS) is 1. The van der Waals surface area contributed by atoms with Crippen LogP contribution in [0.3, 0.4) is 0 Å². The van der Waals surface area contributed by atoms with Crippen molar-refractivity contribution >= 4 is 41.7 Å². The summed E-state index contributed by atoms with van der Waals surface area (Å²) in [6, 6.07) is -0.843. The van der Waals surface area contributed by atoms with Crippen molar-refractivity contribution in [2.45, 2.75) is 19.4 Å². The maximum Gasteiger partial charge on any atom is 1.00 e. The van der Waals surface area contributed by atoms with E-state index in [1.54, 1.807) is 6.92 Å². The largest absolute Gasteiger partial charge is 1.00 e. The number of carboxylic acids is 1. The molecule has 0 aliphatic heterocycles. The number of hydrogen-bond donors (Lipinski definition) is 3. The molecule has 0 aromatic heterocycles. The van der Waals surface area contributed by atoms with Crippen LogP contribution in [0.5, 0.6) is 0 Å². The smallest absolute Gasteiger partial charge is 0.719 e. The SMILES string of the molecule is CCC(NC(=O)[S-])C(=O)O.NC(=O)[S-].[Li+].[Li+]. The number of carbonyl (C=O) groups is 3. The van der Waals surface area contributed by atoms with E-state index in [-0.39, 0.29) is 37.7 Å². The fourth-order valence-corrected chi connectivity index (χ4v) is 0.623. The topological polar surface area (TPSA) is 109 Å². The molecule has 0 radical (unpaired) electrons. The minimum Gasteiger partial charge on any atom is -0.719 e. The van der Waals surface area contributed by atoms with Gasteiger partial charge in [-0.15, -0.1) is 0 Å². The van der Waals surface area contributed by atoms with Gasteiger partial charge in [-0.25, -0.2) is 4.79 Å². The summed E-state index contributed by atoms with van der Waals surface area (Å²) in [6.07, 6.45) is 0.345. The molecule has 82 valence electrons. The zero-order chi connectivity index (χ0) is 11.7. The summed E-state index contributed by atoms with van der Waals surface area (Å²) in [5, 5.41) is 8.99. The van der Waals surface area contributed by atoms with E-state index in [9.17, 15) is 9.59 Å². The summed E-state index contributed by atoms with van der Waals surface area (Å²) >= 11 is 7.89. The normalized spacial score (nSPS) is 9.06. The van der Waals surface area contributed by atoms with Gasteiger partial charge in [0.2, 0.25) is 0 Å². The Morgan fingerprint density at radius 2 is 1.62 bits per heavy atom. The van der Waals surface area contributed by atoms with Crippen molar-refractivity contribution in [2.24, 2.45) is 5.73 Å². The monoisotopic (exact) mass is 252 g/mol. The van der Waals surface area contributed by atoms with Gasteiger partial charge in [-0.05, 0) is 6.42 Å². The third kappa shape index (κ3) is 23.7. The Balaban J connectivity index is -0.000000105. The third-order valence-corrected chi connectivity index (χ3v) is 1.12. The van der Waals surface area contributed by atoms with Crippen LogP contribution in [0.2, 0.25) is 0 Å². The van der Waals surface area contributed by atoms with Crippen molar-refractivity contribution < 1.29 is 57.2 Å². The maximum atomic E-state index is 10.2. The quantitative estimate of drug-likeness (QED) is 0.340. The summed E-state index contributed by atoms with van der Waals surface area (Å²) in [7, 11) is 0. The summed E-state index contributed by atoms with van der Waals surface area (Å²) in [5.41, 5.74) is 4.29. The van der Waals surface area contributed by atoms with Crippen LogP contribution in [0.15, 0.2) is 0 Å². The van der Waals surface area contributed by atoms with Crippen LogP contribution < -0.4 is 48.8 Å². The first-order chi connectivity index (χ1) is 6.31. The first kappa shape index (κ1) is 25.0. The molecule has 0 rings (SSSR count). The molecule has 0 saturated carbocycles. The molecule has 1 unspecified atom stereocenters. The molecule has 0 spiro atoms. The van der Waals surface area contributed by atoms with E-state index >= 15 is 0 Å². The predicted octanol–water partition coefficient (Wildman–Crippen LogP) is -6.27. The van der Waals surface area contributed by atoms with E-state index in [0.29, 0.717) is 6.42 Å². The number of amides is 2. The molecule has 0 aromatic carbocycles. The number of primary amides is 1. The first-order valence-corrected chi connectivity index (χ1v) is 4.29. The summed E-state index contributed by atoms with van der Waals surface area (Å²) < 4.78 is 0. The summed E-state index contributed by atoms with van der Waals surface area (Å²) in [4.78, 5) is 29.4. The number of rotatable bonds is 3. The summed E-state index contributed by atoms with van der Waals surface area (Å²) in [5.74, 6) is -1.05. The number of carbonyl (C=O) groups excluding carboxylic acids is 2. The second-order valence-electron chi connectivity index (χ2n) is 2.05. The van der Waals surface area contributed by atoms with Crippen molar-refractivity contribution in [3.63, 3.8) is 0 Å². The zero-order valence-corrected chi connectivity index (χ0v) is 11.0. The fraction of sp³-hybridized carbons (Fsp3) is 0.500. The molecular weight excluding hydrogens is 242 g/mol. The Labute approximate surface area is 129 Å². The Kier molecular flexibility index (Phi) is 23.5. The molecule has 0 fully saturated rings. The molecule has 6 nitrogen and oxygen atoms in total. The summed E-state index contributed by atoms with van der Waals surface area (Å²) in [6.45, 7) is 1.66. The second-order valence-corrected chi connectivity index (χ2v) is 2.82. The van der Waals surface area contributed by atoms with Crippen molar-refractivity contribution in [1.29, 1.82) is 0 Å². The molecule has 1 atom stereocenters. The van der Waals surface area contributed by atoms with Gasteiger partial charge in [0.15, 0.2) is 0 Å². The minimum atomic E-state index is -1.05. The van der Waals surface area contributed by atoms with Gasteiger partial charge >= 0.3 is 43.7 Å². The first-order valence-electron chi connectivity index (χ1n) is 3.48. The molecule has 4 N–H and O–H groups in total. The van der Waals surface area contributed by atoms with Crippen LogP contribution in [-0.4, -0.2) is 27.6 Å². The number of hydrogen-bond acceptors (Lipinski definition) is 5. The average molecular weight is 252 g/mol. The zero-order valence-electron chi connectivity index (χ0n) is 9.35. The molecular formula is C6H10Li2N2O4S2. The molecule has 2 amide bonds. The number of aliphatic carboxylic acids is 1. The Bertz CT molecular complexity index is 227. The molecule has 0 heterocycles. The molecule has 10 heteroatoms. The van der Waals surface area contributed by atoms with Gasteiger partial charge in [-0.1, -0.05) is 6.92 Å². The molecule has 0 aromatic rings.